The van der Waals surface area contributed by atoms with Crippen LogP contribution in [-0.2, 0) is 18.3 Å². The highest BCUT2D eigenvalue weighted by Crippen LogP contribution is 2.17. The first-order valence-electron chi connectivity index (χ1n) is 9.60. The number of aryl methyl sites for hydroxylation is 1. The van der Waals surface area contributed by atoms with Crippen LogP contribution in [0.2, 0.25) is 0 Å². The van der Waals surface area contributed by atoms with Gasteiger partial charge < -0.3 is 10.6 Å². The van der Waals surface area contributed by atoms with E-state index in [9.17, 15) is 9.59 Å². The van der Waals surface area contributed by atoms with E-state index in [0.717, 1.165) is 11.9 Å². The first-order chi connectivity index (χ1) is 12.6. The summed E-state index contributed by atoms with van der Waals surface area (Å²) in [5.41, 5.74) is 0.495. The zero-order valence-corrected chi connectivity index (χ0v) is 16.7. The molecule has 2 N–H and O–H groups in total. The standard InChI is InChI=1S/C20H28N4O2.ClH/c1-24-20(26)17-11-7-6-10-16(17)18(23-24)14-19(25)22-13-12-21-15-8-4-2-3-5-9-15;/h6-7,10-11,15,21H,2-5,8-9,12-14H2,1H3,(H,22,25);1H. The van der Waals surface area contributed by atoms with Crippen molar-refractivity contribution in [2.45, 2.75) is 51.0 Å². The summed E-state index contributed by atoms with van der Waals surface area (Å²) in [6.07, 6.45) is 7.94. The number of nitrogens with one attached hydrogen (secondary N) is 2. The minimum absolute atomic E-state index is 0. The van der Waals surface area contributed by atoms with E-state index in [-0.39, 0.29) is 30.3 Å². The lowest BCUT2D eigenvalue weighted by molar-refractivity contribution is -0.120. The number of halogens is 1. The molecule has 0 radical (unpaired) electrons. The third-order valence-electron chi connectivity index (χ3n) is 5.10. The summed E-state index contributed by atoms with van der Waals surface area (Å²) in [4.78, 5) is 24.4. The lowest BCUT2D eigenvalue weighted by Crippen LogP contribution is -2.37. The summed E-state index contributed by atoms with van der Waals surface area (Å²) in [6, 6.07) is 7.90. The molecule has 0 spiro atoms. The number of hydrogen-bond donors (Lipinski definition) is 2. The molecule has 1 heterocycles. The van der Waals surface area contributed by atoms with Crippen LogP contribution in [0.15, 0.2) is 29.1 Å². The average molecular weight is 393 g/mol. The molecule has 1 saturated carbocycles. The van der Waals surface area contributed by atoms with Gasteiger partial charge >= 0.3 is 0 Å². The fourth-order valence-corrected chi connectivity index (χ4v) is 3.68. The fraction of sp³-hybridized carbons (Fsp3) is 0.550. The molecule has 1 aliphatic rings. The van der Waals surface area contributed by atoms with E-state index in [0.29, 0.717) is 23.7 Å². The Hall–Kier alpha value is -1.92. The Morgan fingerprint density at radius 3 is 2.48 bits per heavy atom. The summed E-state index contributed by atoms with van der Waals surface area (Å²) in [6.45, 7) is 1.40. The molecule has 6 nitrogen and oxygen atoms in total. The maximum atomic E-state index is 12.3. The molecule has 3 rings (SSSR count). The highest BCUT2D eigenvalue weighted by atomic mass is 35.5. The van der Waals surface area contributed by atoms with Crippen molar-refractivity contribution in [2.24, 2.45) is 7.05 Å². The first-order valence-corrected chi connectivity index (χ1v) is 9.60. The van der Waals surface area contributed by atoms with E-state index in [2.05, 4.69) is 15.7 Å². The molecule has 0 saturated heterocycles. The summed E-state index contributed by atoms with van der Waals surface area (Å²) in [5, 5.41) is 12.1. The summed E-state index contributed by atoms with van der Waals surface area (Å²) >= 11 is 0. The smallest absolute Gasteiger partial charge is 0.274 e. The third kappa shape index (κ3) is 5.78. The number of amides is 1. The highest BCUT2D eigenvalue weighted by Gasteiger charge is 2.13. The number of carbonyl (C=O) groups is 1. The minimum atomic E-state index is -0.141. The van der Waals surface area contributed by atoms with Gasteiger partial charge in [0.25, 0.3) is 5.56 Å². The SMILES string of the molecule is Cl.Cn1nc(CC(=O)NCCNC2CCCCCC2)c2ccccc2c1=O. The molecule has 2 aromatic rings. The van der Waals surface area contributed by atoms with Crippen LogP contribution in [0.25, 0.3) is 10.8 Å². The Balaban J connectivity index is 0.00000261. The Kier molecular flexibility index (Phi) is 8.25. The number of hydrogen-bond acceptors (Lipinski definition) is 4. The van der Waals surface area contributed by atoms with Gasteiger partial charge in [0.15, 0.2) is 0 Å². The van der Waals surface area contributed by atoms with Gasteiger partial charge in [0.2, 0.25) is 5.91 Å². The Morgan fingerprint density at radius 2 is 1.78 bits per heavy atom. The van der Waals surface area contributed by atoms with Crippen molar-refractivity contribution >= 4 is 29.1 Å². The Labute approximate surface area is 166 Å². The van der Waals surface area contributed by atoms with Crippen LogP contribution in [-0.4, -0.2) is 34.8 Å². The van der Waals surface area contributed by atoms with E-state index in [1.807, 2.05) is 18.2 Å². The zero-order chi connectivity index (χ0) is 18.4. The van der Waals surface area contributed by atoms with Gasteiger partial charge in [-0.3, -0.25) is 9.59 Å². The molecule has 1 aliphatic carbocycles. The molecule has 148 valence electrons. The fourth-order valence-electron chi connectivity index (χ4n) is 3.68. The Morgan fingerprint density at radius 1 is 1.11 bits per heavy atom. The molecule has 1 aromatic carbocycles. The van der Waals surface area contributed by atoms with Gasteiger partial charge in [-0.25, -0.2) is 4.68 Å². The molecule has 1 aromatic heterocycles. The van der Waals surface area contributed by atoms with Crippen molar-refractivity contribution in [3.05, 3.63) is 40.3 Å². The van der Waals surface area contributed by atoms with Crippen molar-refractivity contribution in [1.82, 2.24) is 20.4 Å². The quantitative estimate of drug-likeness (QED) is 0.584. The van der Waals surface area contributed by atoms with Crippen molar-refractivity contribution in [2.75, 3.05) is 13.1 Å². The summed E-state index contributed by atoms with van der Waals surface area (Å²) in [5.74, 6) is -0.0658. The van der Waals surface area contributed by atoms with Gasteiger partial charge in [-0.05, 0) is 18.9 Å². The Bertz CT molecular complexity index is 813. The zero-order valence-electron chi connectivity index (χ0n) is 15.9. The van der Waals surface area contributed by atoms with E-state index in [4.69, 9.17) is 0 Å². The molecule has 1 fully saturated rings. The molecule has 0 atom stereocenters. The van der Waals surface area contributed by atoms with Crippen molar-refractivity contribution < 1.29 is 4.79 Å². The van der Waals surface area contributed by atoms with Crippen LogP contribution in [0.4, 0.5) is 0 Å². The van der Waals surface area contributed by atoms with Crippen molar-refractivity contribution in [1.29, 1.82) is 0 Å². The normalized spacial score (nSPS) is 15.1. The summed E-state index contributed by atoms with van der Waals surface area (Å²) < 4.78 is 1.30. The van der Waals surface area contributed by atoms with Crippen molar-refractivity contribution in [3.63, 3.8) is 0 Å². The second-order valence-corrected chi connectivity index (χ2v) is 7.09. The predicted molar refractivity (Wildman–Crippen MR) is 110 cm³/mol. The van der Waals surface area contributed by atoms with Gasteiger partial charge in [0, 0.05) is 31.6 Å². The number of rotatable bonds is 6. The average Bonchev–Trinajstić information content (AvgIpc) is 2.92. The molecular weight excluding hydrogens is 364 g/mol. The number of aromatic nitrogens is 2. The number of nitrogens with zero attached hydrogens (tertiary/aromatic N) is 2. The molecule has 7 heteroatoms. The topological polar surface area (TPSA) is 76.0 Å². The largest absolute Gasteiger partial charge is 0.354 e. The number of benzene rings is 1. The number of fused-ring (bicyclic) bond motifs is 1. The molecular formula is C20H29ClN4O2. The van der Waals surface area contributed by atoms with E-state index in [1.54, 1.807) is 13.1 Å². The van der Waals surface area contributed by atoms with Crippen LogP contribution in [0.3, 0.4) is 0 Å². The summed E-state index contributed by atoms with van der Waals surface area (Å²) in [7, 11) is 1.62. The second-order valence-electron chi connectivity index (χ2n) is 7.09. The molecule has 1 amide bonds. The van der Waals surface area contributed by atoms with Gasteiger partial charge in [-0.15, -0.1) is 12.4 Å². The van der Waals surface area contributed by atoms with Gasteiger partial charge in [0.1, 0.15) is 0 Å². The van der Waals surface area contributed by atoms with Gasteiger partial charge in [0.05, 0.1) is 17.5 Å². The van der Waals surface area contributed by atoms with E-state index >= 15 is 0 Å². The predicted octanol–water partition coefficient (Wildman–Crippen LogP) is 2.33. The van der Waals surface area contributed by atoms with E-state index in [1.165, 1.54) is 43.2 Å². The first kappa shape index (κ1) is 21.4. The second kappa shape index (κ2) is 10.4. The highest BCUT2D eigenvalue weighted by molar-refractivity contribution is 5.88. The molecule has 0 bridgehead atoms. The van der Waals surface area contributed by atoms with Gasteiger partial charge in [-0.2, -0.15) is 5.10 Å². The lowest BCUT2D eigenvalue weighted by Gasteiger charge is -2.16. The lowest BCUT2D eigenvalue weighted by atomic mass is 10.1. The van der Waals surface area contributed by atoms with Crippen LogP contribution in [0.5, 0.6) is 0 Å². The van der Waals surface area contributed by atoms with Gasteiger partial charge in [-0.1, -0.05) is 43.9 Å². The van der Waals surface area contributed by atoms with Crippen LogP contribution in [0, 0.1) is 0 Å². The van der Waals surface area contributed by atoms with Crippen molar-refractivity contribution in [3.8, 4) is 0 Å². The maximum Gasteiger partial charge on any atom is 0.274 e. The monoisotopic (exact) mass is 392 g/mol. The molecule has 0 aliphatic heterocycles. The van der Waals surface area contributed by atoms with Crippen LogP contribution in [0.1, 0.15) is 44.2 Å². The maximum absolute atomic E-state index is 12.3. The number of carbonyl (C=O) groups excluding carboxylic acids is 1. The minimum Gasteiger partial charge on any atom is -0.354 e. The van der Waals surface area contributed by atoms with Crippen LogP contribution < -0.4 is 16.2 Å². The van der Waals surface area contributed by atoms with Crippen LogP contribution >= 0.6 is 12.4 Å². The molecule has 27 heavy (non-hydrogen) atoms. The third-order valence-corrected chi connectivity index (χ3v) is 5.10. The molecule has 0 unspecified atom stereocenters. The van der Waals surface area contributed by atoms with E-state index < -0.39 is 0 Å².